The molecule has 3 nitrogen and oxygen atoms in total. The normalized spacial score (nSPS) is 12.1. The fourth-order valence-corrected chi connectivity index (χ4v) is 2.29. The van der Waals surface area contributed by atoms with Gasteiger partial charge in [-0.25, -0.2) is 9.18 Å². The van der Waals surface area contributed by atoms with Crippen LogP contribution in [0, 0.1) is 12.7 Å². The Hall–Kier alpha value is -2.20. The lowest BCUT2D eigenvalue weighted by molar-refractivity contribution is 0.0696. The molecule has 2 rings (SSSR count). The summed E-state index contributed by atoms with van der Waals surface area (Å²) in [6.45, 7) is 4.31. The van der Waals surface area contributed by atoms with Crippen molar-refractivity contribution in [1.29, 1.82) is 0 Å². The molecule has 0 bridgehead atoms. The SMILES string of the molecule is Cc1ccccc1[C@H](C)NCc1cc(C(=O)O)ccc1F. The second kappa shape index (κ2) is 6.50. The Morgan fingerprint density at radius 1 is 1.29 bits per heavy atom. The first kappa shape index (κ1) is 15.2. The summed E-state index contributed by atoms with van der Waals surface area (Å²) >= 11 is 0. The molecule has 1 atom stereocenters. The molecule has 0 spiro atoms. The number of nitrogens with one attached hydrogen (secondary N) is 1. The van der Waals surface area contributed by atoms with Gasteiger partial charge in [0.1, 0.15) is 5.82 Å². The third-order valence-corrected chi connectivity index (χ3v) is 3.55. The van der Waals surface area contributed by atoms with Crippen molar-refractivity contribution in [3.63, 3.8) is 0 Å². The van der Waals surface area contributed by atoms with E-state index in [-0.39, 0.29) is 18.2 Å². The minimum absolute atomic E-state index is 0.0547. The monoisotopic (exact) mass is 287 g/mol. The van der Waals surface area contributed by atoms with Crippen molar-refractivity contribution in [3.8, 4) is 0 Å². The molecule has 0 radical (unpaired) electrons. The van der Waals surface area contributed by atoms with E-state index in [9.17, 15) is 9.18 Å². The maximum Gasteiger partial charge on any atom is 0.335 e. The van der Waals surface area contributed by atoms with E-state index >= 15 is 0 Å². The maximum absolute atomic E-state index is 13.7. The Labute approximate surface area is 123 Å². The number of halogens is 1. The van der Waals surface area contributed by atoms with Crippen molar-refractivity contribution < 1.29 is 14.3 Å². The summed E-state index contributed by atoms with van der Waals surface area (Å²) in [5, 5.41) is 12.2. The number of aromatic carboxylic acids is 1. The molecule has 0 saturated heterocycles. The van der Waals surface area contributed by atoms with Gasteiger partial charge in [0.15, 0.2) is 0 Å². The van der Waals surface area contributed by atoms with Crippen molar-refractivity contribution >= 4 is 5.97 Å². The summed E-state index contributed by atoms with van der Waals surface area (Å²) in [4.78, 5) is 10.9. The highest BCUT2D eigenvalue weighted by Crippen LogP contribution is 2.18. The van der Waals surface area contributed by atoms with Crippen LogP contribution in [0.2, 0.25) is 0 Å². The number of aryl methyl sites for hydroxylation is 1. The van der Waals surface area contributed by atoms with E-state index in [1.165, 1.54) is 18.2 Å². The molecular weight excluding hydrogens is 269 g/mol. The molecular formula is C17H18FNO2. The molecule has 0 aromatic heterocycles. The van der Waals surface area contributed by atoms with Gasteiger partial charge in [-0.2, -0.15) is 0 Å². The van der Waals surface area contributed by atoms with E-state index in [1.54, 1.807) is 0 Å². The highest BCUT2D eigenvalue weighted by Gasteiger charge is 2.11. The zero-order valence-electron chi connectivity index (χ0n) is 12.1. The number of benzene rings is 2. The summed E-state index contributed by atoms with van der Waals surface area (Å²) in [6, 6.07) is 11.9. The zero-order valence-corrected chi connectivity index (χ0v) is 12.1. The van der Waals surface area contributed by atoms with Crippen LogP contribution < -0.4 is 5.32 Å². The predicted molar refractivity (Wildman–Crippen MR) is 79.8 cm³/mol. The lowest BCUT2D eigenvalue weighted by atomic mass is 10.0. The highest BCUT2D eigenvalue weighted by molar-refractivity contribution is 5.87. The average Bonchev–Trinajstić information content (AvgIpc) is 2.46. The fourth-order valence-electron chi connectivity index (χ4n) is 2.29. The topological polar surface area (TPSA) is 49.3 Å². The summed E-state index contributed by atoms with van der Waals surface area (Å²) in [7, 11) is 0. The van der Waals surface area contributed by atoms with E-state index in [4.69, 9.17) is 5.11 Å². The first-order chi connectivity index (χ1) is 9.99. The van der Waals surface area contributed by atoms with E-state index in [0.29, 0.717) is 5.56 Å². The van der Waals surface area contributed by atoms with Crippen molar-refractivity contribution in [2.24, 2.45) is 0 Å². The van der Waals surface area contributed by atoms with E-state index in [2.05, 4.69) is 5.32 Å². The first-order valence-corrected chi connectivity index (χ1v) is 6.79. The molecule has 0 heterocycles. The molecule has 0 saturated carbocycles. The minimum atomic E-state index is -1.05. The van der Waals surface area contributed by atoms with Gasteiger partial charge in [0, 0.05) is 18.2 Å². The van der Waals surface area contributed by atoms with Crippen molar-refractivity contribution in [2.75, 3.05) is 0 Å². The van der Waals surface area contributed by atoms with E-state index in [1.807, 2.05) is 38.1 Å². The molecule has 4 heteroatoms. The molecule has 2 aromatic carbocycles. The van der Waals surface area contributed by atoms with Crippen LogP contribution in [-0.4, -0.2) is 11.1 Å². The van der Waals surface area contributed by atoms with Crippen molar-refractivity contribution in [1.82, 2.24) is 5.32 Å². The maximum atomic E-state index is 13.7. The lowest BCUT2D eigenvalue weighted by Gasteiger charge is -2.17. The second-order valence-electron chi connectivity index (χ2n) is 5.07. The average molecular weight is 287 g/mol. The smallest absolute Gasteiger partial charge is 0.335 e. The largest absolute Gasteiger partial charge is 0.478 e. The molecule has 21 heavy (non-hydrogen) atoms. The van der Waals surface area contributed by atoms with Gasteiger partial charge < -0.3 is 10.4 Å². The van der Waals surface area contributed by atoms with Crippen LogP contribution in [0.15, 0.2) is 42.5 Å². The van der Waals surface area contributed by atoms with Crippen LogP contribution >= 0.6 is 0 Å². The molecule has 0 fully saturated rings. The summed E-state index contributed by atoms with van der Waals surface area (Å²) < 4.78 is 13.7. The molecule has 110 valence electrons. The molecule has 0 unspecified atom stereocenters. The zero-order chi connectivity index (χ0) is 15.4. The Bertz CT molecular complexity index is 655. The van der Waals surface area contributed by atoms with Gasteiger partial charge in [-0.05, 0) is 43.2 Å². The lowest BCUT2D eigenvalue weighted by Crippen LogP contribution is -2.19. The molecule has 0 aliphatic rings. The van der Waals surface area contributed by atoms with Gasteiger partial charge in [-0.1, -0.05) is 24.3 Å². The molecule has 0 aliphatic heterocycles. The van der Waals surface area contributed by atoms with Crippen LogP contribution in [-0.2, 0) is 6.54 Å². The van der Waals surface area contributed by atoms with Gasteiger partial charge in [-0.15, -0.1) is 0 Å². The van der Waals surface area contributed by atoms with Gasteiger partial charge in [0.05, 0.1) is 5.56 Å². The molecule has 0 aliphatic carbocycles. The number of rotatable bonds is 5. The third kappa shape index (κ3) is 3.67. The van der Waals surface area contributed by atoms with Crippen LogP contribution in [0.4, 0.5) is 4.39 Å². The Kier molecular flexibility index (Phi) is 4.70. The summed E-state index contributed by atoms with van der Waals surface area (Å²) in [5.74, 6) is -1.45. The van der Waals surface area contributed by atoms with Crippen LogP contribution in [0.25, 0.3) is 0 Å². The summed E-state index contributed by atoms with van der Waals surface area (Å²) in [6.07, 6.45) is 0. The van der Waals surface area contributed by atoms with Gasteiger partial charge in [0.25, 0.3) is 0 Å². The van der Waals surface area contributed by atoms with Gasteiger partial charge in [-0.3, -0.25) is 0 Å². The number of carbonyl (C=O) groups is 1. The van der Waals surface area contributed by atoms with Crippen LogP contribution in [0.3, 0.4) is 0 Å². The van der Waals surface area contributed by atoms with Crippen LogP contribution in [0.5, 0.6) is 0 Å². The number of carboxylic acid groups (broad SMARTS) is 1. The molecule has 2 aromatic rings. The summed E-state index contributed by atoms with van der Waals surface area (Å²) in [5.41, 5.74) is 2.76. The number of carboxylic acids is 1. The molecule has 0 amide bonds. The molecule has 2 N–H and O–H groups in total. The Balaban J connectivity index is 2.11. The van der Waals surface area contributed by atoms with Gasteiger partial charge in [0.2, 0.25) is 0 Å². The van der Waals surface area contributed by atoms with Gasteiger partial charge >= 0.3 is 5.97 Å². The second-order valence-corrected chi connectivity index (χ2v) is 5.07. The third-order valence-electron chi connectivity index (χ3n) is 3.55. The van der Waals surface area contributed by atoms with E-state index < -0.39 is 11.8 Å². The standard InChI is InChI=1S/C17H18FNO2/c1-11-5-3-4-6-15(11)12(2)19-10-14-9-13(17(20)21)7-8-16(14)18/h3-9,12,19H,10H2,1-2H3,(H,20,21)/t12-/m0/s1. The van der Waals surface area contributed by atoms with E-state index in [0.717, 1.165) is 11.1 Å². The first-order valence-electron chi connectivity index (χ1n) is 6.79. The predicted octanol–water partition coefficient (Wildman–Crippen LogP) is 3.68. The minimum Gasteiger partial charge on any atom is -0.478 e. The van der Waals surface area contributed by atoms with Crippen molar-refractivity contribution in [2.45, 2.75) is 26.4 Å². The van der Waals surface area contributed by atoms with Crippen molar-refractivity contribution in [3.05, 3.63) is 70.5 Å². The quantitative estimate of drug-likeness (QED) is 0.882. The Morgan fingerprint density at radius 3 is 2.67 bits per heavy atom. The fraction of sp³-hybridized carbons (Fsp3) is 0.235. The Morgan fingerprint density at radius 2 is 2.00 bits per heavy atom. The van der Waals surface area contributed by atoms with Crippen LogP contribution in [0.1, 0.15) is 40.0 Å². The number of hydrogen-bond donors (Lipinski definition) is 2. The number of hydrogen-bond acceptors (Lipinski definition) is 2. The highest BCUT2D eigenvalue weighted by atomic mass is 19.1.